The van der Waals surface area contributed by atoms with Crippen molar-refractivity contribution in [3.05, 3.63) is 24.3 Å². The largest absolute Gasteiger partial charge is 0.481 e. The van der Waals surface area contributed by atoms with E-state index in [1.54, 1.807) is 0 Å². The van der Waals surface area contributed by atoms with Gasteiger partial charge in [0.2, 0.25) is 0 Å². The molecule has 208 valence electrons. The van der Waals surface area contributed by atoms with E-state index in [-0.39, 0.29) is 41.6 Å². The average molecular weight is 571 g/mol. The summed E-state index contributed by atoms with van der Waals surface area (Å²) < 4.78 is 10.4. The van der Waals surface area contributed by atoms with Gasteiger partial charge >= 0.3 is 23.9 Å². The van der Waals surface area contributed by atoms with Crippen molar-refractivity contribution in [1.29, 1.82) is 0 Å². The Morgan fingerprint density at radius 2 is 1.18 bits per heavy atom. The maximum atomic E-state index is 12.7. The highest BCUT2D eigenvalue weighted by Gasteiger charge is 2.71. The van der Waals surface area contributed by atoms with E-state index in [1.165, 1.54) is 0 Å². The maximum Gasteiger partial charge on any atom is 0.317 e. The molecule has 0 aromatic rings. The number of fused-ring (bicyclic) bond motifs is 21. The number of rotatable bonds is 2. The summed E-state index contributed by atoms with van der Waals surface area (Å²) in [5.74, 6) is 0.544. The van der Waals surface area contributed by atoms with Gasteiger partial charge in [0.1, 0.15) is 5.60 Å². The van der Waals surface area contributed by atoms with E-state index in [1.807, 2.05) is 44.3 Å². The molecule has 7 fully saturated rings. The molecule has 5 heterocycles. The monoisotopic (exact) mass is 570 g/mol. The Kier molecular flexibility index (Phi) is 5.24. The number of carbonyl (C=O) groups excluding carboxylic acids is 3. The van der Waals surface area contributed by atoms with Crippen molar-refractivity contribution in [1.82, 2.24) is 0 Å². The van der Waals surface area contributed by atoms with E-state index in [0.717, 1.165) is 12.8 Å². The van der Waals surface area contributed by atoms with Gasteiger partial charge in [0.15, 0.2) is 0 Å². The Morgan fingerprint density at radius 3 is 1.62 bits per heavy atom. The highest BCUT2D eigenvalue weighted by atomic mass is 32.2. The zero-order valence-electron chi connectivity index (χ0n) is 22.2. The van der Waals surface area contributed by atoms with E-state index in [2.05, 4.69) is 24.3 Å². The minimum atomic E-state index is -0.821. The lowest BCUT2D eigenvalue weighted by molar-refractivity contribution is -0.171. The molecule has 39 heavy (non-hydrogen) atoms. The first-order valence-corrected chi connectivity index (χ1v) is 16.3. The first kappa shape index (κ1) is 25.0. The van der Waals surface area contributed by atoms with Crippen LogP contribution in [-0.4, -0.2) is 55.6 Å². The van der Waals surface area contributed by atoms with Gasteiger partial charge in [-0.1, -0.05) is 24.3 Å². The molecule has 9 rings (SSSR count). The van der Waals surface area contributed by atoms with Crippen LogP contribution in [0.15, 0.2) is 24.3 Å². The van der Waals surface area contributed by atoms with Crippen LogP contribution in [0, 0.1) is 71.0 Å². The molecule has 3 saturated heterocycles. The molecule has 0 aromatic carbocycles. The lowest BCUT2D eigenvalue weighted by atomic mass is 9.65. The molecular formula is C30H34O7S2. The van der Waals surface area contributed by atoms with Crippen molar-refractivity contribution in [2.75, 3.05) is 0 Å². The smallest absolute Gasteiger partial charge is 0.317 e. The third-order valence-corrected chi connectivity index (χ3v) is 14.6. The highest BCUT2D eigenvalue weighted by molar-refractivity contribution is 8.01. The standard InChI is InChI=1S/C17H22O4S.C13H12O3S/c1-17(2,3)21-16(20)14-8-6-7(13(14)15(18)19)11-9-4-5-10(22-9)12(8)11;14-12-10-4-3-5(11(10)13(15)16-12)9-7-2-1-6(17-7)8(4)9/h4-5,7-14H,6H2,1-3H3,(H,18,19);1-2,4-11H,3H2. The number of carbonyl (C=O) groups is 4. The quantitative estimate of drug-likeness (QED) is 0.301. The van der Waals surface area contributed by atoms with Gasteiger partial charge in [-0.25, -0.2) is 0 Å². The topological polar surface area (TPSA) is 107 Å². The average Bonchev–Trinajstić information content (AvgIpc) is 3.68. The molecule has 0 spiro atoms. The molecule has 0 aromatic heterocycles. The predicted molar refractivity (Wildman–Crippen MR) is 144 cm³/mol. The number of cyclic esters (lactones) is 2. The SMILES string of the molecule is CC(C)(C)OC(=O)C1C2CC(C1C(=O)O)C1C3C=CC(S3)C21.O=C1OC(=O)C2C3CC(C12)C1C2C=CC(S2)C31. The molecule has 1 N–H and O–H groups in total. The van der Waals surface area contributed by atoms with Crippen molar-refractivity contribution in [2.45, 2.75) is 60.2 Å². The first-order chi connectivity index (χ1) is 18.5. The minimum Gasteiger partial charge on any atom is -0.481 e. The third-order valence-electron chi connectivity index (χ3n) is 11.4. The van der Waals surface area contributed by atoms with Crippen LogP contribution in [0.1, 0.15) is 33.6 Å². The minimum absolute atomic E-state index is 0.0953. The Morgan fingerprint density at radius 1 is 0.769 bits per heavy atom. The van der Waals surface area contributed by atoms with Gasteiger partial charge in [-0.15, -0.1) is 23.5 Å². The molecule has 4 aliphatic carbocycles. The van der Waals surface area contributed by atoms with Gasteiger partial charge in [0, 0.05) is 21.0 Å². The van der Waals surface area contributed by atoms with E-state index in [0.29, 0.717) is 56.5 Å². The fourth-order valence-electron chi connectivity index (χ4n) is 10.6. The molecule has 9 heteroatoms. The zero-order valence-corrected chi connectivity index (χ0v) is 23.8. The summed E-state index contributed by atoms with van der Waals surface area (Å²) in [4.78, 5) is 48.1. The number of thioether (sulfide) groups is 2. The Labute approximate surface area is 236 Å². The lowest BCUT2D eigenvalue weighted by Crippen LogP contribution is -2.46. The fourth-order valence-corrected chi connectivity index (χ4v) is 14.3. The molecule has 4 saturated carbocycles. The second-order valence-electron chi connectivity index (χ2n) is 14.1. The second-order valence-corrected chi connectivity index (χ2v) is 16.8. The molecule has 0 radical (unpaired) electrons. The van der Waals surface area contributed by atoms with Crippen LogP contribution in [0.4, 0.5) is 0 Å². The molecule has 8 bridgehead atoms. The Balaban J connectivity index is 0.000000124. The van der Waals surface area contributed by atoms with E-state index in [4.69, 9.17) is 9.47 Å². The van der Waals surface area contributed by atoms with E-state index in [9.17, 15) is 24.3 Å². The number of hydrogen-bond acceptors (Lipinski definition) is 8. The van der Waals surface area contributed by atoms with Crippen LogP contribution in [0.3, 0.4) is 0 Å². The van der Waals surface area contributed by atoms with Gasteiger partial charge in [-0.05, 0) is 81.0 Å². The van der Waals surface area contributed by atoms with E-state index >= 15 is 0 Å². The second kappa shape index (κ2) is 8.17. The number of hydrogen-bond donors (Lipinski definition) is 1. The summed E-state index contributed by atoms with van der Waals surface area (Å²) in [7, 11) is 0. The molecule has 16 unspecified atom stereocenters. The lowest BCUT2D eigenvalue weighted by Gasteiger charge is -2.39. The zero-order chi connectivity index (χ0) is 27.1. The molecule has 9 aliphatic rings. The van der Waals surface area contributed by atoms with Gasteiger partial charge in [0.05, 0.1) is 23.7 Å². The van der Waals surface area contributed by atoms with Crippen molar-refractivity contribution in [2.24, 2.45) is 71.0 Å². The summed E-state index contributed by atoms with van der Waals surface area (Å²) in [6.07, 6.45) is 11.1. The summed E-state index contributed by atoms with van der Waals surface area (Å²) in [5, 5.41) is 11.9. The maximum absolute atomic E-state index is 12.7. The highest BCUT2D eigenvalue weighted by Crippen LogP contribution is 2.70. The van der Waals surface area contributed by atoms with Crippen molar-refractivity contribution in [3.63, 3.8) is 0 Å². The van der Waals surface area contributed by atoms with Crippen LogP contribution >= 0.6 is 23.5 Å². The van der Waals surface area contributed by atoms with Gasteiger partial charge < -0.3 is 14.6 Å². The number of carboxylic acid groups (broad SMARTS) is 1. The number of aliphatic carboxylic acids is 1. The molecule has 5 aliphatic heterocycles. The number of esters is 3. The number of ether oxygens (including phenoxy) is 2. The van der Waals surface area contributed by atoms with Crippen LogP contribution in [0.2, 0.25) is 0 Å². The van der Waals surface area contributed by atoms with Crippen LogP contribution in [0.5, 0.6) is 0 Å². The molecular weight excluding hydrogens is 536 g/mol. The summed E-state index contributed by atoms with van der Waals surface area (Å²) in [6.45, 7) is 5.52. The Bertz CT molecular complexity index is 1200. The third kappa shape index (κ3) is 3.32. The summed E-state index contributed by atoms with van der Waals surface area (Å²) in [5.41, 5.74) is -0.565. The number of carboxylic acids is 1. The van der Waals surface area contributed by atoms with Crippen molar-refractivity contribution < 1.29 is 33.8 Å². The molecule has 16 atom stereocenters. The van der Waals surface area contributed by atoms with Crippen LogP contribution in [0.25, 0.3) is 0 Å². The summed E-state index contributed by atoms with van der Waals surface area (Å²) in [6, 6.07) is 0. The predicted octanol–water partition coefficient (Wildman–Crippen LogP) is 3.82. The van der Waals surface area contributed by atoms with Crippen LogP contribution in [-0.2, 0) is 28.7 Å². The summed E-state index contributed by atoms with van der Waals surface area (Å²) >= 11 is 3.99. The van der Waals surface area contributed by atoms with Gasteiger partial charge in [0.25, 0.3) is 0 Å². The van der Waals surface area contributed by atoms with Crippen LogP contribution < -0.4 is 0 Å². The normalized spacial score (nSPS) is 53.5. The molecule has 0 amide bonds. The van der Waals surface area contributed by atoms with E-state index < -0.39 is 23.4 Å². The Hall–Kier alpha value is -1.74. The first-order valence-electron chi connectivity index (χ1n) is 14.4. The van der Waals surface area contributed by atoms with Gasteiger partial charge in [-0.2, -0.15) is 0 Å². The van der Waals surface area contributed by atoms with Gasteiger partial charge in [-0.3, -0.25) is 19.2 Å². The van der Waals surface area contributed by atoms with Crippen molar-refractivity contribution >= 4 is 47.4 Å². The fraction of sp³-hybridized carbons (Fsp3) is 0.733. The van der Waals surface area contributed by atoms with Crippen molar-refractivity contribution in [3.8, 4) is 0 Å². The molecule has 7 nitrogen and oxygen atoms in total.